The first kappa shape index (κ1) is 22.1. The molecule has 2 atom stereocenters. The van der Waals surface area contributed by atoms with E-state index in [-0.39, 0.29) is 24.1 Å². The lowest BCUT2D eigenvalue weighted by atomic mass is 10.0. The molecular formula is C18H33N3O5. The molecule has 26 heavy (non-hydrogen) atoms. The number of carbonyl (C=O) groups excluding carboxylic acids is 3. The molecule has 8 nitrogen and oxygen atoms in total. The van der Waals surface area contributed by atoms with Gasteiger partial charge in [-0.25, -0.2) is 14.4 Å². The molecule has 0 aromatic rings. The molecule has 1 rings (SSSR count). The lowest BCUT2D eigenvalue weighted by Gasteiger charge is -2.42. The number of amides is 3. The minimum Gasteiger partial charge on any atom is -0.467 e. The summed E-state index contributed by atoms with van der Waals surface area (Å²) in [5, 5.41) is 0. The predicted octanol–water partition coefficient (Wildman–Crippen LogP) is 2.18. The first-order valence-corrected chi connectivity index (χ1v) is 8.98. The fraction of sp³-hybridized carbons (Fsp3) is 0.833. The summed E-state index contributed by atoms with van der Waals surface area (Å²) in [5.41, 5.74) is -0.561. The van der Waals surface area contributed by atoms with Gasteiger partial charge in [0.25, 0.3) is 0 Å². The number of rotatable bonds is 3. The van der Waals surface area contributed by atoms with E-state index in [0.717, 1.165) is 0 Å². The van der Waals surface area contributed by atoms with Gasteiger partial charge in [0.2, 0.25) is 0 Å². The van der Waals surface area contributed by atoms with Gasteiger partial charge in [-0.2, -0.15) is 0 Å². The van der Waals surface area contributed by atoms with Gasteiger partial charge in [-0.15, -0.1) is 0 Å². The Bertz CT molecular complexity index is 529. The Morgan fingerprint density at radius 1 is 1.15 bits per heavy atom. The van der Waals surface area contributed by atoms with Crippen LogP contribution in [0, 0.1) is 5.92 Å². The number of hydrogen-bond acceptors (Lipinski definition) is 5. The highest BCUT2D eigenvalue weighted by molar-refractivity contribution is 5.84. The van der Waals surface area contributed by atoms with E-state index in [4.69, 9.17) is 9.47 Å². The molecule has 1 saturated heterocycles. The molecule has 150 valence electrons. The summed E-state index contributed by atoms with van der Waals surface area (Å²) in [4.78, 5) is 41.8. The van der Waals surface area contributed by atoms with Gasteiger partial charge in [-0.05, 0) is 33.6 Å². The summed E-state index contributed by atoms with van der Waals surface area (Å²) in [6.45, 7) is 12.2. The largest absolute Gasteiger partial charge is 0.467 e. The minimum absolute atomic E-state index is 0.0723. The van der Waals surface area contributed by atoms with Crippen LogP contribution < -0.4 is 0 Å². The van der Waals surface area contributed by atoms with Gasteiger partial charge in [0.15, 0.2) is 0 Å². The Hall–Kier alpha value is -1.99. The summed E-state index contributed by atoms with van der Waals surface area (Å²) in [5.74, 6) is -0.506. The van der Waals surface area contributed by atoms with E-state index < -0.39 is 17.6 Å². The van der Waals surface area contributed by atoms with E-state index in [1.54, 1.807) is 16.8 Å². The van der Waals surface area contributed by atoms with Crippen molar-refractivity contribution in [3.8, 4) is 0 Å². The molecule has 0 saturated carbocycles. The van der Waals surface area contributed by atoms with Gasteiger partial charge >= 0.3 is 18.1 Å². The van der Waals surface area contributed by atoms with Crippen LogP contribution in [0.25, 0.3) is 0 Å². The topological polar surface area (TPSA) is 79.4 Å². The molecule has 0 bridgehead atoms. The van der Waals surface area contributed by atoms with Gasteiger partial charge in [0.05, 0.1) is 7.11 Å². The Morgan fingerprint density at radius 3 is 2.15 bits per heavy atom. The van der Waals surface area contributed by atoms with E-state index in [2.05, 4.69) is 0 Å². The molecule has 0 spiro atoms. The quantitative estimate of drug-likeness (QED) is 0.711. The highest BCUT2D eigenvalue weighted by Gasteiger charge is 2.37. The van der Waals surface area contributed by atoms with Gasteiger partial charge < -0.3 is 24.2 Å². The maximum Gasteiger partial charge on any atom is 0.410 e. The molecule has 3 amide bonds. The molecular weight excluding hydrogens is 338 g/mol. The minimum atomic E-state index is -0.647. The van der Waals surface area contributed by atoms with E-state index in [1.807, 2.05) is 41.5 Å². The molecule has 0 radical (unpaired) electrons. The summed E-state index contributed by atoms with van der Waals surface area (Å²) < 4.78 is 10.2. The second-order valence-corrected chi connectivity index (χ2v) is 8.07. The van der Waals surface area contributed by atoms with Gasteiger partial charge in [0.1, 0.15) is 11.6 Å². The van der Waals surface area contributed by atoms with E-state index in [0.29, 0.717) is 19.6 Å². The Kier molecular flexibility index (Phi) is 7.29. The van der Waals surface area contributed by atoms with Crippen molar-refractivity contribution < 1.29 is 23.9 Å². The van der Waals surface area contributed by atoms with Gasteiger partial charge in [-0.1, -0.05) is 13.8 Å². The molecule has 8 heteroatoms. The summed E-state index contributed by atoms with van der Waals surface area (Å²) >= 11 is 0. The average molecular weight is 371 g/mol. The number of esters is 1. The molecule has 1 aliphatic rings. The van der Waals surface area contributed by atoms with Crippen LogP contribution in [0.5, 0.6) is 0 Å². The van der Waals surface area contributed by atoms with Crippen LogP contribution in [0.3, 0.4) is 0 Å². The summed E-state index contributed by atoms with van der Waals surface area (Å²) in [6.07, 6.45) is -0.375. The summed E-state index contributed by atoms with van der Waals surface area (Å²) in [6, 6.07) is -1.07. The third kappa shape index (κ3) is 5.51. The third-order valence-corrected chi connectivity index (χ3v) is 4.32. The zero-order valence-electron chi connectivity index (χ0n) is 17.2. The molecule has 1 fully saturated rings. The fourth-order valence-electron chi connectivity index (χ4n) is 3.06. The smallest absolute Gasteiger partial charge is 0.410 e. The zero-order chi connectivity index (χ0) is 20.2. The second-order valence-electron chi connectivity index (χ2n) is 8.07. The Balaban J connectivity index is 2.77. The predicted molar refractivity (Wildman–Crippen MR) is 97.8 cm³/mol. The lowest BCUT2D eigenvalue weighted by Crippen LogP contribution is -2.60. The number of carbonyl (C=O) groups is 3. The van der Waals surface area contributed by atoms with Crippen molar-refractivity contribution in [3.05, 3.63) is 0 Å². The van der Waals surface area contributed by atoms with E-state index >= 15 is 0 Å². The number of likely N-dealkylation sites (N-methyl/N-ethyl adjacent to an activating group) is 1. The average Bonchev–Trinajstić information content (AvgIpc) is 2.51. The van der Waals surface area contributed by atoms with E-state index in [9.17, 15) is 14.4 Å². The molecule has 0 unspecified atom stereocenters. The SMILES string of the molecule is COC(=O)[C@H](C(C)C)N(C)C(=O)N1CCN(C(=O)OC(C)(C)C)[C@H](C)C1. The van der Waals surface area contributed by atoms with Crippen LogP contribution in [-0.4, -0.2) is 84.3 Å². The maximum atomic E-state index is 12.8. The monoisotopic (exact) mass is 371 g/mol. The third-order valence-electron chi connectivity index (χ3n) is 4.32. The molecule has 0 aliphatic carbocycles. The van der Waals surface area contributed by atoms with Crippen LogP contribution in [0.2, 0.25) is 0 Å². The first-order valence-electron chi connectivity index (χ1n) is 8.98. The van der Waals surface area contributed by atoms with Crippen LogP contribution in [0.15, 0.2) is 0 Å². The van der Waals surface area contributed by atoms with Crippen LogP contribution in [-0.2, 0) is 14.3 Å². The maximum absolute atomic E-state index is 12.8. The number of nitrogens with zero attached hydrogens (tertiary/aromatic N) is 3. The number of methoxy groups -OCH3 is 1. The van der Waals surface area contributed by atoms with Crippen LogP contribution in [0.1, 0.15) is 41.5 Å². The Labute approximate surface area is 156 Å². The van der Waals surface area contributed by atoms with Crippen molar-refractivity contribution in [2.24, 2.45) is 5.92 Å². The molecule has 0 N–H and O–H groups in total. The highest BCUT2D eigenvalue weighted by Crippen LogP contribution is 2.18. The van der Waals surface area contributed by atoms with Crippen molar-refractivity contribution in [1.82, 2.24) is 14.7 Å². The normalized spacial score (nSPS) is 19.2. The van der Waals surface area contributed by atoms with E-state index in [1.165, 1.54) is 12.0 Å². The number of urea groups is 1. The summed E-state index contributed by atoms with van der Waals surface area (Å²) in [7, 11) is 2.92. The lowest BCUT2D eigenvalue weighted by molar-refractivity contribution is -0.147. The van der Waals surface area contributed by atoms with Gasteiger partial charge in [-0.3, -0.25) is 0 Å². The van der Waals surface area contributed by atoms with Crippen molar-refractivity contribution in [1.29, 1.82) is 0 Å². The molecule has 0 aromatic carbocycles. The van der Waals surface area contributed by atoms with Crippen molar-refractivity contribution in [2.45, 2.75) is 59.2 Å². The van der Waals surface area contributed by atoms with Crippen molar-refractivity contribution >= 4 is 18.1 Å². The zero-order valence-corrected chi connectivity index (χ0v) is 17.2. The fourth-order valence-corrected chi connectivity index (χ4v) is 3.06. The standard InChI is InChI=1S/C18H33N3O5/c1-12(2)14(15(22)25-8)19(7)16(23)20-9-10-21(13(3)11-20)17(24)26-18(4,5)6/h12-14H,9-11H2,1-8H3/t13-,14+/m1/s1. The van der Waals surface area contributed by atoms with Crippen molar-refractivity contribution in [3.63, 3.8) is 0 Å². The first-order chi connectivity index (χ1) is 11.9. The number of piperazine rings is 1. The van der Waals surface area contributed by atoms with Crippen molar-refractivity contribution in [2.75, 3.05) is 33.8 Å². The molecule has 0 aromatic heterocycles. The van der Waals surface area contributed by atoms with Crippen LogP contribution in [0.4, 0.5) is 9.59 Å². The second kappa shape index (κ2) is 8.60. The molecule has 1 aliphatic heterocycles. The number of ether oxygens (including phenoxy) is 2. The van der Waals surface area contributed by atoms with Crippen LogP contribution >= 0.6 is 0 Å². The molecule has 1 heterocycles. The number of hydrogen-bond donors (Lipinski definition) is 0. The van der Waals surface area contributed by atoms with Gasteiger partial charge in [0, 0.05) is 32.7 Å². The highest BCUT2D eigenvalue weighted by atomic mass is 16.6. The Morgan fingerprint density at radius 2 is 1.73 bits per heavy atom.